The normalized spacial score (nSPS) is 17.0. The molecule has 0 unspecified atom stereocenters. The van der Waals surface area contributed by atoms with Crippen LogP contribution in [-0.2, 0) is 9.47 Å². The Bertz CT molecular complexity index is 214. The van der Waals surface area contributed by atoms with Crippen molar-refractivity contribution in [2.24, 2.45) is 0 Å². The van der Waals surface area contributed by atoms with Crippen LogP contribution in [0.1, 0.15) is 26.7 Å². The molecule has 0 spiro atoms. The topological polar surface area (TPSA) is 18.5 Å². The molecule has 0 N–H and O–H groups in total. The van der Waals surface area contributed by atoms with Gasteiger partial charge in [0.05, 0.1) is 6.61 Å². The van der Waals surface area contributed by atoms with Crippen LogP contribution in [0.3, 0.4) is 0 Å². The summed E-state index contributed by atoms with van der Waals surface area (Å²) in [7, 11) is 1.69. The Hall–Kier alpha value is -0.760. The molecule has 0 atom stereocenters. The molecule has 0 fully saturated rings. The van der Waals surface area contributed by atoms with E-state index in [-0.39, 0.29) is 5.60 Å². The summed E-state index contributed by atoms with van der Waals surface area (Å²) < 4.78 is 10.8. The maximum Gasteiger partial charge on any atom is 0.127 e. The van der Waals surface area contributed by atoms with Gasteiger partial charge in [-0.25, -0.2) is 0 Å². The average molecular weight is 182 g/mol. The fourth-order valence-electron chi connectivity index (χ4n) is 1.36. The monoisotopic (exact) mass is 182 g/mol. The van der Waals surface area contributed by atoms with Gasteiger partial charge in [-0.15, -0.1) is 0 Å². The molecule has 0 aromatic heterocycles. The third kappa shape index (κ3) is 3.64. The van der Waals surface area contributed by atoms with Crippen molar-refractivity contribution in [1.29, 1.82) is 0 Å². The number of ether oxygens (including phenoxy) is 2. The van der Waals surface area contributed by atoms with Gasteiger partial charge in [-0.05, 0) is 38.8 Å². The smallest absolute Gasteiger partial charge is 0.127 e. The average Bonchev–Trinajstić information content (AvgIpc) is 2.04. The Kier molecular flexibility index (Phi) is 3.55. The molecule has 2 heteroatoms. The molecular weight excluding hydrogens is 164 g/mol. The Balaban J connectivity index is 2.46. The molecule has 0 aliphatic heterocycles. The summed E-state index contributed by atoms with van der Waals surface area (Å²) >= 11 is 0. The molecule has 1 aliphatic carbocycles. The third-order valence-corrected chi connectivity index (χ3v) is 1.85. The van der Waals surface area contributed by atoms with E-state index in [1.54, 1.807) is 7.11 Å². The van der Waals surface area contributed by atoms with Crippen LogP contribution in [0.25, 0.3) is 0 Å². The minimum atomic E-state index is -0.234. The largest absolute Gasteiger partial charge is 0.486 e. The van der Waals surface area contributed by atoms with Crippen LogP contribution in [0.4, 0.5) is 0 Å². The second kappa shape index (κ2) is 4.47. The predicted molar refractivity (Wildman–Crippen MR) is 53.5 cm³/mol. The van der Waals surface area contributed by atoms with Gasteiger partial charge >= 0.3 is 0 Å². The molecule has 1 rings (SSSR count). The van der Waals surface area contributed by atoms with Crippen LogP contribution in [0.5, 0.6) is 0 Å². The first-order chi connectivity index (χ1) is 6.14. The van der Waals surface area contributed by atoms with Gasteiger partial charge in [-0.2, -0.15) is 0 Å². The van der Waals surface area contributed by atoms with Gasteiger partial charge < -0.3 is 9.47 Å². The van der Waals surface area contributed by atoms with Gasteiger partial charge in [-0.1, -0.05) is 6.08 Å². The highest BCUT2D eigenvalue weighted by Gasteiger charge is 2.19. The number of hydrogen-bond acceptors (Lipinski definition) is 2. The highest BCUT2D eigenvalue weighted by molar-refractivity contribution is 5.16. The zero-order valence-corrected chi connectivity index (χ0v) is 8.67. The Labute approximate surface area is 80.2 Å². The molecule has 0 heterocycles. The first kappa shape index (κ1) is 10.3. The zero-order chi connectivity index (χ0) is 9.73. The van der Waals surface area contributed by atoms with Crippen molar-refractivity contribution in [3.8, 4) is 0 Å². The molecular formula is C11H18O2. The number of allylic oxidation sites excluding steroid dienone is 3. The second-order valence-corrected chi connectivity index (χ2v) is 3.88. The van der Waals surface area contributed by atoms with E-state index in [1.807, 2.05) is 19.9 Å². The summed E-state index contributed by atoms with van der Waals surface area (Å²) in [4.78, 5) is 0. The van der Waals surface area contributed by atoms with E-state index in [0.29, 0.717) is 6.61 Å². The molecule has 74 valence electrons. The molecule has 2 nitrogen and oxygen atoms in total. The molecule has 13 heavy (non-hydrogen) atoms. The minimum Gasteiger partial charge on any atom is -0.486 e. The maximum atomic E-state index is 5.77. The molecule has 0 aromatic rings. The fourth-order valence-corrected chi connectivity index (χ4v) is 1.36. The summed E-state index contributed by atoms with van der Waals surface area (Å²) in [6, 6.07) is 0. The molecule has 0 aromatic carbocycles. The SMILES string of the molecule is COCC(C)(C)OC1=CCCC=C1. The summed E-state index contributed by atoms with van der Waals surface area (Å²) in [6.07, 6.45) is 8.49. The third-order valence-electron chi connectivity index (χ3n) is 1.85. The van der Waals surface area contributed by atoms with E-state index in [0.717, 1.165) is 18.6 Å². The molecule has 0 saturated heterocycles. The maximum absolute atomic E-state index is 5.77. The van der Waals surface area contributed by atoms with Gasteiger partial charge in [0, 0.05) is 7.11 Å². The first-order valence-corrected chi connectivity index (χ1v) is 4.69. The molecule has 0 radical (unpaired) electrons. The lowest BCUT2D eigenvalue weighted by atomic mass is 10.1. The van der Waals surface area contributed by atoms with Gasteiger partial charge in [0.1, 0.15) is 11.4 Å². The van der Waals surface area contributed by atoms with Crippen LogP contribution in [-0.4, -0.2) is 19.3 Å². The fraction of sp³-hybridized carbons (Fsp3) is 0.636. The number of hydrogen-bond donors (Lipinski definition) is 0. The second-order valence-electron chi connectivity index (χ2n) is 3.88. The van der Waals surface area contributed by atoms with Crippen LogP contribution in [0.2, 0.25) is 0 Å². The van der Waals surface area contributed by atoms with Crippen molar-refractivity contribution < 1.29 is 9.47 Å². The Morgan fingerprint density at radius 2 is 2.15 bits per heavy atom. The Morgan fingerprint density at radius 3 is 2.69 bits per heavy atom. The van der Waals surface area contributed by atoms with Crippen molar-refractivity contribution in [2.75, 3.05) is 13.7 Å². The van der Waals surface area contributed by atoms with Crippen molar-refractivity contribution in [2.45, 2.75) is 32.3 Å². The van der Waals surface area contributed by atoms with Gasteiger partial charge in [0.25, 0.3) is 0 Å². The van der Waals surface area contributed by atoms with Crippen molar-refractivity contribution >= 4 is 0 Å². The quantitative estimate of drug-likeness (QED) is 0.665. The van der Waals surface area contributed by atoms with Crippen molar-refractivity contribution in [3.05, 3.63) is 24.0 Å². The molecule has 0 saturated carbocycles. The van der Waals surface area contributed by atoms with E-state index >= 15 is 0 Å². The van der Waals surface area contributed by atoms with E-state index in [4.69, 9.17) is 9.47 Å². The standard InChI is InChI=1S/C11H18O2/c1-11(2,9-12-3)13-10-7-5-4-6-8-10/h5,7-8H,4,6,9H2,1-3H3. The summed E-state index contributed by atoms with van der Waals surface area (Å²) in [5.41, 5.74) is -0.234. The Morgan fingerprint density at radius 1 is 1.38 bits per heavy atom. The van der Waals surface area contributed by atoms with Crippen LogP contribution < -0.4 is 0 Å². The lowest BCUT2D eigenvalue weighted by Gasteiger charge is -2.26. The van der Waals surface area contributed by atoms with Crippen LogP contribution >= 0.6 is 0 Å². The number of rotatable bonds is 4. The summed E-state index contributed by atoms with van der Waals surface area (Å²) in [5, 5.41) is 0. The van der Waals surface area contributed by atoms with Gasteiger partial charge in [-0.3, -0.25) is 0 Å². The lowest BCUT2D eigenvalue weighted by Crippen LogP contribution is -2.29. The van der Waals surface area contributed by atoms with Gasteiger partial charge in [0.2, 0.25) is 0 Å². The van der Waals surface area contributed by atoms with E-state index in [2.05, 4.69) is 12.2 Å². The molecule has 0 bridgehead atoms. The van der Waals surface area contributed by atoms with E-state index in [1.165, 1.54) is 0 Å². The minimum absolute atomic E-state index is 0.234. The highest BCUT2D eigenvalue weighted by Crippen LogP contribution is 2.19. The van der Waals surface area contributed by atoms with E-state index in [9.17, 15) is 0 Å². The molecule has 0 amide bonds. The summed E-state index contributed by atoms with van der Waals surface area (Å²) in [5.74, 6) is 0.966. The number of methoxy groups -OCH3 is 1. The highest BCUT2D eigenvalue weighted by atomic mass is 16.5. The molecule has 1 aliphatic rings. The predicted octanol–water partition coefficient (Wildman–Crippen LogP) is 2.66. The van der Waals surface area contributed by atoms with Crippen molar-refractivity contribution in [3.63, 3.8) is 0 Å². The van der Waals surface area contributed by atoms with Gasteiger partial charge in [0.15, 0.2) is 0 Å². The summed E-state index contributed by atoms with van der Waals surface area (Å²) in [6.45, 7) is 4.66. The lowest BCUT2D eigenvalue weighted by molar-refractivity contribution is -0.0244. The van der Waals surface area contributed by atoms with Crippen LogP contribution in [0.15, 0.2) is 24.0 Å². The van der Waals surface area contributed by atoms with E-state index < -0.39 is 0 Å². The van der Waals surface area contributed by atoms with Crippen molar-refractivity contribution in [1.82, 2.24) is 0 Å². The van der Waals surface area contributed by atoms with Crippen LogP contribution in [0, 0.1) is 0 Å². The first-order valence-electron chi connectivity index (χ1n) is 4.69. The zero-order valence-electron chi connectivity index (χ0n) is 8.67.